The van der Waals surface area contributed by atoms with E-state index in [4.69, 9.17) is 15.2 Å². The molecule has 1 saturated heterocycles. The molecule has 1 fully saturated rings. The lowest BCUT2D eigenvalue weighted by molar-refractivity contribution is -0.139. The second kappa shape index (κ2) is 9.87. The minimum atomic E-state index is -1.05. The van der Waals surface area contributed by atoms with Crippen molar-refractivity contribution in [3.8, 4) is 6.07 Å². The molecule has 0 radical (unpaired) electrons. The van der Waals surface area contributed by atoms with Crippen LogP contribution in [0.2, 0.25) is 0 Å². The van der Waals surface area contributed by atoms with Crippen LogP contribution in [0.25, 0.3) is 0 Å². The first-order chi connectivity index (χ1) is 17.8. The number of urea groups is 1. The van der Waals surface area contributed by atoms with Gasteiger partial charge in [-0.15, -0.1) is 0 Å². The van der Waals surface area contributed by atoms with Gasteiger partial charge in [-0.1, -0.05) is 42.5 Å². The van der Waals surface area contributed by atoms with Gasteiger partial charge in [0.15, 0.2) is 0 Å². The molecule has 3 amide bonds. The van der Waals surface area contributed by atoms with Gasteiger partial charge in [0.1, 0.15) is 17.6 Å². The van der Waals surface area contributed by atoms with E-state index >= 15 is 0 Å². The summed E-state index contributed by atoms with van der Waals surface area (Å²) < 4.78 is 10.0. The van der Waals surface area contributed by atoms with Crippen LogP contribution in [0.4, 0.5) is 16.2 Å². The fraction of sp³-hybridized carbons (Fsp3) is 0.192. The Balaban J connectivity index is 2.07. The lowest BCUT2D eigenvalue weighted by atomic mass is 9.81. The van der Waals surface area contributed by atoms with Crippen molar-refractivity contribution < 1.29 is 28.7 Å². The van der Waals surface area contributed by atoms with Crippen molar-refractivity contribution in [3.05, 3.63) is 82.8 Å². The fourth-order valence-electron chi connectivity index (χ4n) is 4.44. The third-order valence-corrected chi connectivity index (χ3v) is 6.11. The van der Waals surface area contributed by atoms with Crippen molar-refractivity contribution in [1.29, 1.82) is 5.26 Å². The molecule has 4 rings (SSSR count). The van der Waals surface area contributed by atoms with Crippen LogP contribution >= 0.6 is 0 Å². The van der Waals surface area contributed by atoms with Crippen LogP contribution in [0.3, 0.4) is 0 Å². The Morgan fingerprint density at radius 1 is 0.946 bits per heavy atom. The Hall–Kier alpha value is -5.11. The predicted octanol–water partition coefficient (Wildman–Crippen LogP) is 2.03. The maximum absolute atomic E-state index is 13.3. The molecule has 2 atom stereocenters. The standard InChI is InChI=1S/C26H23N5O6/c1-14-23(32)31(26(35)29-14)18-12-8-7-11-17(18)30-21(25(34)37-3)20(24(33)36-2)19(16(13-27)22(30)28)15-9-5-4-6-10-15/h4-12,14,19H,28H2,1-3H3,(H,29,35). The molecule has 188 valence electrons. The van der Waals surface area contributed by atoms with Crippen molar-refractivity contribution in [2.75, 3.05) is 24.0 Å². The Morgan fingerprint density at radius 3 is 2.03 bits per heavy atom. The van der Waals surface area contributed by atoms with Gasteiger partial charge in [0.05, 0.1) is 48.7 Å². The SMILES string of the molecule is COC(=O)C1=C(C(=O)OC)N(c2ccccc2N2C(=O)NC(C)C2=O)C(N)=C(C#N)C1c1ccccc1. The van der Waals surface area contributed by atoms with E-state index in [2.05, 4.69) is 11.4 Å². The van der Waals surface area contributed by atoms with Gasteiger partial charge in [-0.25, -0.2) is 19.3 Å². The fourth-order valence-corrected chi connectivity index (χ4v) is 4.44. The Kier molecular flexibility index (Phi) is 6.67. The minimum absolute atomic E-state index is 0.0420. The van der Waals surface area contributed by atoms with Gasteiger partial charge < -0.3 is 20.5 Å². The second-order valence-corrected chi connectivity index (χ2v) is 8.17. The quantitative estimate of drug-likeness (QED) is 0.462. The van der Waals surface area contributed by atoms with Gasteiger partial charge in [-0.3, -0.25) is 9.69 Å². The predicted molar refractivity (Wildman–Crippen MR) is 131 cm³/mol. The number of nitrogens with one attached hydrogen (secondary N) is 1. The number of nitriles is 1. The number of ether oxygens (including phenoxy) is 2. The van der Waals surface area contributed by atoms with Crippen LogP contribution in [-0.2, 0) is 23.9 Å². The monoisotopic (exact) mass is 501 g/mol. The number of anilines is 2. The summed E-state index contributed by atoms with van der Waals surface area (Å²) in [6.45, 7) is 1.53. The summed E-state index contributed by atoms with van der Waals surface area (Å²) in [4.78, 5) is 54.0. The van der Waals surface area contributed by atoms with E-state index in [-0.39, 0.29) is 34.0 Å². The Bertz CT molecular complexity index is 1410. The highest BCUT2D eigenvalue weighted by Gasteiger charge is 2.45. The number of carbonyl (C=O) groups excluding carboxylic acids is 4. The third-order valence-electron chi connectivity index (χ3n) is 6.11. The number of carbonyl (C=O) groups is 4. The average molecular weight is 501 g/mol. The summed E-state index contributed by atoms with van der Waals surface area (Å²) in [6.07, 6.45) is 0. The number of para-hydroxylation sites is 2. The highest BCUT2D eigenvalue weighted by atomic mass is 16.5. The normalized spacial score (nSPS) is 19.5. The van der Waals surface area contributed by atoms with Gasteiger partial charge in [0.25, 0.3) is 5.91 Å². The van der Waals surface area contributed by atoms with Crippen LogP contribution in [-0.4, -0.2) is 44.1 Å². The number of rotatable bonds is 5. The number of methoxy groups -OCH3 is 2. The second-order valence-electron chi connectivity index (χ2n) is 8.17. The topological polar surface area (TPSA) is 155 Å². The lowest BCUT2D eigenvalue weighted by Gasteiger charge is -2.37. The van der Waals surface area contributed by atoms with Crippen LogP contribution in [0, 0.1) is 11.3 Å². The molecule has 2 unspecified atom stereocenters. The first kappa shape index (κ1) is 25.0. The lowest BCUT2D eigenvalue weighted by Crippen LogP contribution is -2.42. The van der Waals surface area contributed by atoms with Crippen LogP contribution < -0.4 is 20.9 Å². The summed E-state index contributed by atoms with van der Waals surface area (Å²) in [5, 5.41) is 12.7. The first-order valence-electron chi connectivity index (χ1n) is 11.2. The molecule has 3 N–H and O–H groups in total. The van der Waals surface area contributed by atoms with Crippen molar-refractivity contribution >= 4 is 35.3 Å². The maximum Gasteiger partial charge on any atom is 0.355 e. The summed E-state index contributed by atoms with van der Waals surface area (Å²) in [7, 11) is 2.28. The van der Waals surface area contributed by atoms with Crippen LogP contribution in [0.15, 0.2) is 77.3 Å². The first-order valence-corrected chi connectivity index (χ1v) is 11.2. The summed E-state index contributed by atoms with van der Waals surface area (Å²) in [6, 6.07) is 15.3. The van der Waals surface area contributed by atoms with E-state index in [0.29, 0.717) is 5.56 Å². The summed E-state index contributed by atoms with van der Waals surface area (Å²) >= 11 is 0. The molecule has 0 bridgehead atoms. The van der Waals surface area contributed by atoms with Gasteiger partial charge in [-0.2, -0.15) is 5.26 Å². The van der Waals surface area contributed by atoms with E-state index in [1.54, 1.807) is 42.5 Å². The number of imide groups is 1. The zero-order chi connectivity index (χ0) is 26.9. The molecule has 11 nitrogen and oxygen atoms in total. The van der Waals surface area contributed by atoms with Crippen molar-refractivity contribution in [2.24, 2.45) is 5.73 Å². The van der Waals surface area contributed by atoms with Crippen molar-refractivity contribution in [1.82, 2.24) is 5.32 Å². The van der Waals surface area contributed by atoms with E-state index in [1.807, 2.05) is 0 Å². The van der Waals surface area contributed by atoms with Crippen molar-refractivity contribution in [3.63, 3.8) is 0 Å². The molecule has 2 heterocycles. The summed E-state index contributed by atoms with van der Waals surface area (Å²) in [5.74, 6) is -3.59. The number of esters is 2. The molecule has 0 spiro atoms. The molecular formula is C26H23N5O6. The van der Waals surface area contributed by atoms with Crippen LogP contribution in [0.5, 0.6) is 0 Å². The minimum Gasteiger partial charge on any atom is -0.466 e. The van der Waals surface area contributed by atoms with E-state index in [0.717, 1.165) is 24.0 Å². The number of benzene rings is 2. The van der Waals surface area contributed by atoms with Gasteiger partial charge in [-0.05, 0) is 24.6 Å². The number of nitrogens with two attached hydrogens (primary N) is 1. The van der Waals surface area contributed by atoms with Gasteiger partial charge in [0, 0.05) is 0 Å². The van der Waals surface area contributed by atoms with E-state index in [9.17, 15) is 24.4 Å². The molecule has 0 aromatic heterocycles. The Labute approximate surface area is 212 Å². The highest BCUT2D eigenvalue weighted by molar-refractivity contribution is 6.23. The number of allylic oxidation sites excluding steroid dienone is 1. The molecule has 2 aliphatic heterocycles. The molecule has 0 aliphatic carbocycles. The van der Waals surface area contributed by atoms with E-state index in [1.165, 1.54) is 19.1 Å². The number of hydrogen-bond donors (Lipinski definition) is 2. The zero-order valence-corrected chi connectivity index (χ0v) is 20.2. The van der Waals surface area contributed by atoms with Crippen molar-refractivity contribution in [2.45, 2.75) is 18.9 Å². The summed E-state index contributed by atoms with van der Waals surface area (Å²) in [5.41, 5.74) is 6.68. The largest absolute Gasteiger partial charge is 0.466 e. The highest BCUT2D eigenvalue weighted by Crippen LogP contribution is 2.45. The smallest absolute Gasteiger partial charge is 0.355 e. The van der Waals surface area contributed by atoms with Gasteiger partial charge >= 0.3 is 18.0 Å². The Morgan fingerprint density at radius 2 is 1.51 bits per heavy atom. The molecule has 37 heavy (non-hydrogen) atoms. The third kappa shape index (κ3) is 4.04. The number of hydrogen-bond acceptors (Lipinski definition) is 9. The van der Waals surface area contributed by atoms with Crippen LogP contribution in [0.1, 0.15) is 18.4 Å². The molecular weight excluding hydrogens is 478 g/mol. The average Bonchev–Trinajstić information content (AvgIpc) is 3.17. The van der Waals surface area contributed by atoms with E-state index < -0.39 is 35.8 Å². The molecule has 11 heteroatoms. The molecule has 2 aromatic carbocycles. The molecule has 2 aliphatic rings. The zero-order valence-electron chi connectivity index (χ0n) is 20.2. The molecule has 0 saturated carbocycles. The molecule has 2 aromatic rings. The number of nitrogens with zero attached hydrogens (tertiary/aromatic N) is 3. The maximum atomic E-state index is 13.3. The number of amides is 3. The van der Waals surface area contributed by atoms with Gasteiger partial charge in [0.2, 0.25) is 0 Å².